The highest BCUT2D eigenvalue weighted by molar-refractivity contribution is 7.80. The molecule has 0 atom stereocenters. The van der Waals surface area contributed by atoms with Gasteiger partial charge in [0, 0.05) is 35.7 Å². The van der Waals surface area contributed by atoms with E-state index in [0.717, 1.165) is 27.7 Å². The fourth-order valence-electron chi connectivity index (χ4n) is 3.33. The summed E-state index contributed by atoms with van der Waals surface area (Å²) in [4.78, 5) is 21.9. The molecule has 0 radical (unpaired) electrons. The molecular weight excluding hydrogens is 392 g/mol. The predicted octanol–water partition coefficient (Wildman–Crippen LogP) is 4.63. The SMILES string of the molecule is Cc1ccc2[nH]c(=O)c(CN(Cc3cccnc3)C(=S)Nc3ccccc3)cc2c1. The molecule has 4 rings (SSSR count). The number of benzene rings is 2. The molecule has 2 aromatic carbocycles. The van der Waals surface area contributed by atoms with Crippen molar-refractivity contribution in [2.24, 2.45) is 0 Å². The van der Waals surface area contributed by atoms with E-state index in [9.17, 15) is 4.79 Å². The number of H-pyrrole nitrogens is 1. The molecule has 150 valence electrons. The lowest BCUT2D eigenvalue weighted by atomic mass is 10.1. The van der Waals surface area contributed by atoms with Gasteiger partial charge in [0.05, 0.1) is 6.54 Å². The number of nitrogens with zero attached hydrogens (tertiary/aromatic N) is 2. The van der Waals surface area contributed by atoms with Gasteiger partial charge in [0.15, 0.2) is 5.11 Å². The Morgan fingerprint density at radius 1 is 1.07 bits per heavy atom. The zero-order valence-electron chi connectivity index (χ0n) is 16.6. The van der Waals surface area contributed by atoms with Gasteiger partial charge >= 0.3 is 0 Å². The van der Waals surface area contributed by atoms with Crippen molar-refractivity contribution in [3.8, 4) is 0 Å². The van der Waals surface area contributed by atoms with Gasteiger partial charge in [0.2, 0.25) is 0 Å². The molecule has 30 heavy (non-hydrogen) atoms. The molecule has 0 aliphatic rings. The Labute approximate surface area is 180 Å². The van der Waals surface area contributed by atoms with E-state index in [1.54, 1.807) is 6.20 Å². The largest absolute Gasteiger partial charge is 0.340 e. The van der Waals surface area contributed by atoms with Gasteiger partial charge in [-0.3, -0.25) is 9.78 Å². The molecule has 0 fully saturated rings. The van der Waals surface area contributed by atoms with Gasteiger partial charge in [-0.2, -0.15) is 0 Å². The van der Waals surface area contributed by atoms with Crippen LogP contribution in [0.4, 0.5) is 5.69 Å². The number of aromatic amines is 1. The molecule has 0 spiro atoms. The maximum Gasteiger partial charge on any atom is 0.253 e. The van der Waals surface area contributed by atoms with Gasteiger partial charge < -0.3 is 15.2 Å². The average Bonchev–Trinajstić information content (AvgIpc) is 2.75. The van der Waals surface area contributed by atoms with Crippen molar-refractivity contribution in [1.29, 1.82) is 0 Å². The molecule has 4 aromatic rings. The zero-order valence-corrected chi connectivity index (χ0v) is 17.4. The minimum atomic E-state index is -0.106. The Kier molecular flexibility index (Phi) is 5.86. The first-order valence-corrected chi connectivity index (χ1v) is 10.1. The van der Waals surface area contributed by atoms with E-state index in [1.807, 2.05) is 78.7 Å². The van der Waals surface area contributed by atoms with Crippen LogP contribution in [-0.2, 0) is 13.1 Å². The third kappa shape index (κ3) is 4.72. The van der Waals surface area contributed by atoms with E-state index in [0.29, 0.717) is 23.8 Å². The van der Waals surface area contributed by atoms with Crippen molar-refractivity contribution in [2.45, 2.75) is 20.0 Å². The molecule has 0 unspecified atom stereocenters. The standard InChI is InChI=1S/C24H22N4OS/c1-17-9-10-22-19(12-17)13-20(23(29)27-22)16-28(15-18-6-5-11-25-14-18)24(30)26-21-7-3-2-4-8-21/h2-14H,15-16H2,1H3,(H,26,30)(H,27,29). The summed E-state index contributed by atoms with van der Waals surface area (Å²) < 4.78 is 0. The summed E-state index contributed by atoms with van der Waals surface area (Å²) in [5.74, 6) is 0. The van der Waals surface area contributed by atoms with Crippen molar-refractivity contribution in [3.05, 3.63) is 106 Å². The summed E-state index contributed by atoms with van der Waals surface area (Å²) in [6, 6.07) is 21.6. The third-order valence-electron chi connectivity index (χ3n) is 4.85. The monoisotopic (exact) mass is 414 g/mol. The number of aryl methyl sites for hydroxylation is 1. The van der Waals surface area contributed by atoms with Crippen LogP contribution in [0.15, 0.2) is 83.9 Å². The minimum absolute atomic E-state index is 0.106. The lowest BCUT2D eigenvalue weighted by Gasteiger charge is -2.26. The fraction of sp³-hybridized carbons (Fsp3) is 0.125. The van der Waals surface area contributed by atoms with Crippen LogP contribution in [0, 0.1) is 6.92 Å². The number of nitrogens with one attached hydrogen (secondary N) is 2. The van der Waals surface area contributed by atoms with E-state index < -0.39 is 0 Å². The highest BCUT2D eigenvalue weighted by atomic mass is 32.1. The maximum absolute atomic E-state index is 12.7. The van der Waals surface area contributed by atoms with Gasteiger partial charge in [0.1, 0.15) is 0 Å². The summed E-state index contributed by atoms with van der Waals surface area (Å²) in [5, 5.41) is 4.83. The van der Waals surface area contributed by atoms with Crippen LogP contribution in [0.3, 0.4) is 0 Å². The van der Waals surface area contributed by atoms with E-state index in [2.05, 4.69) is 21.4 Å². The predicted molar refractivity (Wildman–Crippen MR) is 125 cm³/mol. The molecule has 0 bridgehead atoms. The van der Waals surface area contributed by atoms with Crippen LogP contribution in [0.5, 0.6) is 0 Å². The van der Waals surface area contributed by atoms with Crippen LogP contribution < -0.4 is 10.9 Å². The molecule has 2 N–H and O–H groups in total. The Bertz CT molecular complexity index is 1220. The zero-order chi connectivity index (χ0) is 20.9. The summed E-state index contributed by atoms with van der Waals surface area (Å²) >= 11 is 5.70. The number of anilines is 1. The van der Waals surface area contributed by atoms with Crippen molar-refractivity contribution in [2.75, 3.05) is 5.32 Å². The summed E-state index contributed by atoms with van der Waals surface area (Å²) in [6.45, 7) is 2.96. The highest BCUT2D eigenvalue weighted by Gasteiger charge is 2.14. The van der Waals surface area contributed by atoms with Crippen molar-refractivity contribution < 1.29 is 0 Å². The maximum atomic E-state index is 12.7. The van der Waals surface area contributed by atoms with Gasteiger partial charge in [-0.25, -0.2) is 0 Å². The smallest absolute Gasteiger partial charge is 0.253 e. The number of aromatic nitrogens is 2. The van der Waals surface area contributed by atoms with Gasteiger partial charge in [-0.1, -0.05) is 35.9 Å². The van der Waals surface area contributed by atoms with Crippen LogP contribution in [0.25, 0.3) is 10.9 Å². The summed E-state index contributed by atoms with van der Waals surface area (Å²) in [5.41, 5.74) is 4.45. The second kappa shape index (κ2) is 8.88. The van der Waals surface area contributed by atoms with Gasteiger partial charge in [-0.05, 0) is 66.5 Å². The molecule has 0 aliphatic carbocycles. The number of hydrogen-bond acceptors (Lipinski definition) is 3. The molecule has 0 aliphatic heterocycles. The first kappa shape index (κ1) is 19.8. The molecule has 2 heterocycles. The number of rotatable bonds is 5. The van der Waals surface area contributed by atoms with Crippen molar-refractivity contribution in [3.63, 3.8) is 0 Å². The second-order valence-electron chi connectivity index (χ2n) is 7.23. The Morgan fingerprint density at radius 2 is 1.90 bits per heavy atom. The number of fused-ring (bicyclic) bond motifs is 1. The molecule has 6 heteroatoms. The summed E-state index contributed by atoms with van der Waals surface area (Å²) in [6.07, 6.45) is 3.55. The van der Waals surface area contributed by atoms with E-state index in [1.165, 1.54) is 0 Å². The molecular formula is C24H22N4OS. The van der Waals surface area contributed by atoms with Crippen LogP contribution in [0.2, 0.25) is 0 Å². The first-order valence-electron chi connectivity index (χ1n) is 9.71. The quantitative estimate of drug-likeness (QED) is 0.466. The minimum Gasteiger partial charge on any atom is -0.340 e. The topological polar surface area (TPSA) is 61.0 Å². The molecule has 0 saturated heterocycles. The number of hydrogen-bond donors (Lipinski definition) is 2. The Hall–Kier alpha value is -3.51. The normalized spacial score (nSPS) is 10.7. The molecule has 0 amide bonds. The van der Waals surface area contributed by atoms with Gasteiger partial charge in [-0.15, -0.1) is 0 Å². The second-order valence-corrected chi connectivity index (χ2v) is 7.61. The third-order valence-corrected chi connectivity index (χ3v) is 5.21. The molecule has 5 nitrogen and oxygen atoms in total. The van der Waals surface area contributed by atoms with E-state index in [-0.39, 0.29) is 5.56 Å². The Morgan fingerprint density at radius 3 is 2.67 bits per heavy atom. The van der Waals surface area contributed by atoms with Crippen LogP contribution in [0.1, 0.15) is 16.7 Å². The van der Waals surface area contributed by atoms with Crippen molar-refractivity contribution in [1.82, 2.24) is 14.9 Å². The molecule has 0 saturated carbocycles. The number of thiocarbonyl (C=S) groups is 1. The van der Waals surface area contributed by atoms with E-state index >= 15 is 0 Å². The van der Waals surface area contributed by atoms with Crippen LogP contribution in [-0.4, -0.2) is 20.0 Å². The van der Waals surface area contributed by atoms with Crippen molar-refractivity contribution >= 4 is 33.9 Å². The number of para-hydroxylation sites is 1. The molecule has 2 aromatic heterocycles. The fourth-order valence-corrected chi connectivity index (χ4v) is 3.58. The van der Waals surface area contributed by atoms with Gasteiger partial charge in [0.25, 0.3) is 5.56 Å². The van der Waals surface area contributed by atoms with Crippen LogP contribution >= 0.6 is 12.2 Å². The van der Waals surface area contributed by atoms with E-state index in [4.69, 9.17) is 12.2 Å². The lowest BCUT2D eigenvalue weighted by Crippen LogP contribution is -2.35. The lowest BCUT2D eigenvalue weighted by molar-refractivity contribution is 0.410. The first-order chi connectivity index (χ1) is 14.6. The average molecular weight is 415 g/mol. The Balaban J connectivity index is 1.65. The number of pyridine rings is 2. The summed E-state index contributed by atoms with van der Waals surface area (Å²) in [7, 11) is 0. The highest BCUT2D eigenvalue weighted by Crippen LogP contribution is 2.16.